The standard InChI is InChI=1S/C24H27N3O5/c1-4-32-24(29)17-14-25-27-19(16-10-11-20(30-2)21(12-16)31-3)13-18(26-23(17)27)22(28)15-8-6-5-7-9-15/h5-12,14,17-19,23,26H,4,13H2,1-3H3. The van der Waals surface area contributed by atoms with E-state index in [1.807, 2.05) is 41.4 Å². The van der Waals surface area contributed by atoms with Crippen LogP contribution in [0.4, 0.5) is 0 Å². The predicted molar refractivity (Wildman–Crippen MR) is 119 cm³/mol. The number of rotatable bonds is 7. The minimum absolute atomic E-state index is 0.0229. The van der Waals surface area contributed by atoms with E-state index in [-0.39, 0.29) is 24.4 Å². The average molecular weight is 437 g/mol. The fourth-order valence-corrected chi connectivity index (χ4v) is 4.29. The van der Waals surface area contributed by atoms with E-state index >= 15 is 0 Å². The van der Waals surface area contributed by atoms with Gasteiger partial charge in [-0.25, -0.2) is 0 Å². The maximum absolute atomic E-state index is 13.3. The molecule has 8 heteroatoms. The number of ether oxygens (including phenoxy) is 3. The quantitative estimate of drug-likeness (QED) is 0.526. The average Bonchev–Trinajstić information content (AvgIpc) is 3.27. The molecular weight excluding hydrogens is 410 g/mol. The summed E-state index contributed by atoms with van der Waals surface area (Å²) in [4.78, 5) is 25.9. The topological polar surface area (TPSA) is 89.5 Å². The molecule has 8 nitrogen and oxygen atoms in total. The molecule has 4 unspecified atom stereocenters. The van der Waals surface area contributed by atoms with E-state index in [4.69, 9.17) is 14.2 Å². The van der Waals surface area contributed by atoms with Gasteiger partial charge in [0.05, 0.1) is 32.9 Å². The maximum atomic E-state index is 13.3. The Hall–Kier alpha value is -3.39. The minimum Gasteiger partial charge on any atom is -0.493 e. The highest BCUT2D eigenvalue weighted by atomic mass is 16.5. The highest BCUT2D eigenvalue weighted by Crippen LogP contribution is 2.40. The van der Waals surface area contributed by atoms with Gasteiger partial charge in [-0.05, 0) is 31.0 Å². The van der Waals surface area contributed by atoms with Crippen molar-refractivity contribution in [3.05, 3.63) is 59.7 Å². The number of esters is 1. The van der Waals surface area contributed by atoms with Gasteiger partial charge in [0.1, 0.15) is 12.1 Å². The van der Waals surface area contributed by atoms with E-state index in [0.29, 0.717) is 23.5 Å². The van der Waals surface area contributed by atoms with E-state index in [1.165, 1.54) is 0 Å². The van der Waals surface area contributed by atoms with Crippen molar-refractivity contribution in [1.29, 1.82) is 0 Å². The van der Waals surface area contributed by atoms with Crippen molar-refractivity contribution in [3.63, 3.8) is 0 Å². The Morgan fingerprint density at radius 2 is 1.84 bits per heavy atom. The SMILES string of the molecule is CCOC(=O)C1C=NN2C(c3ccc(OC)c(OC)c3)CC(C(=O)c3ccccc3)NC12. The molecular formula is C24H27N3O5. The molecule has 4 atom stereocenters. The van der Waals surface area contributed by atoms with E-state index in [1.54, 1.807) is 39.5 Å². The number of fused-ring (bicyclic) bond motifs is 1. The Bertz CT molecular complexity index is 1010. The second-order valence-electron chi connectivity index (χ2n) is 7.68. The van der Waals surface area contributed by atoms with E-state index in [9.17, 15) is 9.59 Å². The van der Waals surface area contributed by atoms with Crippen LogP contribution in [0.2, 0.25) is 0 Å². The van der Waals surface area contributed by atoms with Crippen LogP contribution >= 0.6 is 0 Å². The molecule has 168 valence electrons. The lowest BCUT2D eigenvalue weighted by atomic mass is 9.89. The van der Waals surface area contributed by atoms with Gasteiger partial charge in [-0.1, -0.05) is 36.4 Å². The summed E-state index contributed by atoms with van der Waals surface area (Å²) in [6.45, 7) is 2.05. The van der Waals surface area contributed by atoms with Gasteiger partial charge in [-0.2, -0.15) is 5.10 Å². The number of Topliss-reactive ketones (excluding diaryl/α,β-unsaturated/α-hetero) is 1. The Kier molecular flexibility index (Phi) is 6.41. The summed E-state index contributed by atoms with van der Waals surface area (Å²) in [7, 11) is 3.17. The van der Waals surface area contributed by atoms with E-state index in [2.05, 4.69) is 10.4 Å². The second-order valence-corrected chi connectivity index (χ2v) is 7.68. The van der Waals surface area contributed by atoms with Crippen LogP contribution in [-0.2, 0) is 9.53 Å². The van der Waals surface area contributed by atoms with Gasteiger partial charge in [-0.3, -0.25) is 19.9 Å². The van der Waals surface area contributed by atoms with Crippen LogP contribution in [0.3, 0.4) is 0 Å². The lowest BCUT2D eigenvalue weighted by Crippen LogP contribution is -2.59. The monoisotopic (exact) mass is 437 g/mol. The Balaban J connectivity index is 1.69. The number of hydrazone groups is 1. The molecule has 0 aliphatic carbocycles. The molecule has 0 amide bonds. The summed E-state index contributed by atoms with van der Waals surface area (Å²) in [6.07, 6.45) is 1.59. The molecule has 1 saturated heterocycles. The summed E-state index contributed by atoms with van der Waals surface area (Å²) in [6, 6.07) is 14.1. The fourth-order valence-electron chi connectivity index (χ4n) is 4.29. The molecule has 1 N–H and O–H groups in total. The van der Waals surface area contributed by atoms with Crippen LogP contribution < -0.4 is 14.8 Å². The van der Waals surface area contributed by atoms with Crippen LogP contribution in [0.15, 0.2) is 53.6 Å². The van der Waals surface area contributed by atoms with Crippen LogP contribution in [0.1, 0.15) is 35.3 Å². The number of ketones is 1. The van der Waals surface area contributed by atoms with Crippen molar-refractivity contribution in [3.8, 4) is 11.5 Å². The molecule has 1 fully saturated rings. The number of nitrogens with zero attached hydrogens (tertiary/aromatic N) is 2. The number of benzene rings is 2. The number of carbonyl (C=O) groups is 2. The molecule has 2 aromatic rings. The summed E-state index contributed by atoms with van der Waals surface area (Å²) in [5.74, 6) is 0.216. The zero-order valence-corrected chi connectivity index (χ0v) is 18.4. The first-order valence-electron chi connectivity index (χ1n) is 10.6. The smallest absolute Gasteiger partial charge is 0.318 e. The van der Waals surface area contributed by atoms with Crippen molar-refractivity contribution in [2.75, 3.05) is 20.8 Å². The van der Waals surface area contributed by atoms with Gasteiger partial charge in [-0.15, -0.1) is 0 Å². The molecule has 0 aromatic heterocycles. The van der Waals surface area contributed by atoms with Gasteiger partial charge in [0, 0.05) is 11.8 Å². The Labute approximate surface area is 187 Å². The maximum Gasteiger partial charge on any atom is 0.318 e. The third-order valence-corrected chi connectivity index (χ3v) is 5.86. The summed E-state index contributed by atoms with van der Waals surface area (Å²) in [5, 5.41) is 9.72. The van der Waals surface area contributed by atoms with Gasteiger partial charge >= 0.3 is 5.97 Å². The molecule has 2 heterocycles. The van der Waals surface area contributed by atoms with Crippen LogP contribution in [-0.4, -0.2) is 56.0 Å². The normalized spacial score (nSPS) is 24.0. The zero-order valence-electron chi connectivity index (χ0n) is 18.4. The third-order valence-electron chi connectivity index (χ3n) is 5.86. The number of methoxy groups -OCH3 is 2. The number of hydrogen-bond donors (Lipinski definition) is 1. The van der Waals surface area contributed by atoms with Crippen molar-refractivity contribution in [2.24, 2.45) is 11.0 Å². The number of hydrogen-bond acceptors (Lipinski definition) is 8. The molecule has 32 heavy (non-hydrogen) atoms. The molecule has 0 radical (unpaired) electrons. The first-order valence-corrected chi connectivity index (χ1v) is 10.6. The summed E-state index contributed by atoms with van der Waals surface area (Å²) >= 11 is 0. The zero-order chi connectivity index (χ0) is 22.7. The Morgan fingerprint density at radius 3 is 2.53 bits per heavy atom. The van der Waals surface area contributed by atoms with Crippen LogP contribution in [0.25, 0.3) is 0 Å². The highest BCUT2D eigenvalue weighted by Gasteiger charge is 2.47. The molecule has 4 rings (SSSR count). The van der Waals surface area contributed by atoms with Crippen molar-refractivity contribution in [2.45, 2.75) is 31.6 Å². The van der Waals surface area contributed by atoms with Gasteiger partial charge in [0.25, 0.3) is 0 Å². The molecule has 2 aliphatic heterocycles. The van der Waals surface area contributed by atoms with Gasteiger partial charge in [0.15, 0.2) is 17.3 Å². The highest BCUT2D eigenvalue weighted by molar-refractivity contribution is 6.00. The minimum atomic E-state index is -0.607. The van der Waals surface area contributed by atoms with E-state index < -0.39 is 18.1 Å². The van der Waals surface area contributed by atoms with E-state index in [0.717, 1.165) is 5.56 Å². The van der Waals surface area contributed by atoms with Crippen molar-refractivity contribution < 1.29 is 23.8 Å². The predicted octanol–water partition coefficient (Wildman–Crippen LogP) is 2.80. The lowest BCUT2D eigenvalue weighted by Gasteiger charge is -2.42. The van der Waals surface area contributed by atoms with Crippen molar-refractivity contribution >= 4 is 18.0 Å². The van der Waals surface area contributed by atoms with Gasteiger partial charge in [0.2, 0.25) is 0 Å². The molecule has 2 aromatic carbocycles. The van der Waals surface area contributed by atoms with Gasteiger partial charge < -0.3 is 14.2 Å². The Morgan fingerprint density at radius 1 is 1.09 bits per heavy atom. The first kappa shape index (κ1) is 21.8. The lowest BCUT2D eigenvalue weighted by molar-refractivity contribution is -0.148. The fraction of sp³-hybridized carbons (Fsp3) is 0.375. The first-order chi connectivity index (χ1) is 15.6. The number of carbonyl (C=O) groups excluding carboxylic acids is 2. The molecule has 0 bridgehead atoms. The van der Waals surface area contributed by atoms with Crippen LogP contribution in [0, 0.1) is 5.92 Å². The van der Waals surface area contributed by atoms with Crippen LogP contribution in [0.5, 0.6) is 11.5 Å². The summed E-state index contributed by atoms with van der Waals surface area (Å²) < 4.78 is 16.1. The molecule has 0 spiro atoms. The number of nitrogens with one attached hydrogen (secondary N) is 1. The largest absolute Gasteiger partial charge is 0.493 e. The molecule has 0 saturated carbocycles. The molecule has 2 aliphatic rings. The third kappa shape index (κ3) is 4.05. The second kappa shape index (κ2) is 9.40. The van der Waals surface area contributed by atoms with Crippen molar-refractivity contribution in [1.82, 2.24) is 10.3 Å². The summed E-state index contributed by atoms with van der Waals surface area (Å²) in [5.41, 5.74) is 1.54.